The molecule has 148 valence electrons. The molecule has 0 aliphatic carbocycles. The summed E-state index contributed by atoms with van der Waals surface area (Å²) in [5, 5.41) is 2.69. The van der Waals surface area contributed by atoms with Crippen LogP contribution in [0.2, 0.25) is 0 Å². The van der Waals surface area contributed by atoms with Crippen molar-refractivity contribution in [3.05, 3.63) is 60.2 Å². The lowest BCUT2D eigenvalue weighted by molar-refractivity contribution is -0.124. The Morgan fingerprint density at radius 2 is 1.50 bits per heavy atom. The Hall–Kier alpha value is -3.35. The molecule has 3 amide bonds. The van der Waals surface area contributed by atoms with Gasteiger partial charge in [-0.3, -0.25) is 25.2 Å². The zero-order chi connectivity index (χ0) is 20.4. The van der Waals surface area contributed by atoms with Crippen molar-refractivity contribution in [1.82, 2.24) is 10.9 Å². The summed E-state index contributed by atoms with van der Waals surface area (Å²) in [5.74, 6) is -0.0812. The minimum Gasteiger partial charge on any atom is -0.493 e. The van der Waals surface area contributed by atoms with Crippen LogP contribution in [0.4, 0.5) is 5.69 Å². The fraction of sp³-hybridized carbons (Fsp3) is 0.286. The summed E-state index contributed by atoms with van der Waals surface area (Å²) >= 11 is 0. The highest BCUT2D eigenvalue weighted by Gasteiger charge is 2.10. The van der Waals surface area contributed by atoms with Gasteiger partial charge in [0.2, 0.25) is 11.8 Å². The summed E-state index contributed by atoms with van der Waals surface area (Å²) in [5.41, 5.74) is 5.69. The van der Waals surface area contributed by atoms with Crippen molar-refractivity contribution in [2.24, 2.45) is 5.92 Å². The standard InChI is InChI=1S/C21H25N3O4/c1-15(2)14-28-18-10-8-16(9-11-18)21(27)24-23-20(26)13-12-19(25)22-17-6-4-3-5-7-17/h3-11,15H,12-14H2,1-2H3,(H,22,25)(H,23,26)(H,24,27). The zero-order valence-electron chi connectivity index (χ0n) is 16.0. The predicted molar refractivity (Wildman–Crippen MR) is 107 cm³/mol. The quantitative estimate of drug-likeness (QED) is 0.611. The van der Waals surface area contributed by atoms with Crippen LogP contribution in [-0.2, 0) is 9.59 Å². The van der Waals surface area contributed by atoms with E-state index in [2.05, 4.69) is 30.0 Å². The van der Waals surface area contributed by atoms with Crippen molar-refractivity contribution >= 4 is 23.4 Å². The van der Waals surface area contributed by atoms with Gasteiger partial charge in [-0.1, -0.05) is 32.0 Å². The lowest BCUT2D eigenvalue weighted by Crippen LogP contribution is -2.41. The molecule has 0 aromatic heterocycles. The molecule has 0 saturated heterocycles. The van der Waals surface area contributed by atoms with Gasteiger partial charge in [0, 0.05) is 24.1 Å². The Balaban J connectivity index is 1.70. The van der Waals surface area contributed by atoms with Crippen LogP contribution in [0, 0.1) is 5.92 Å². The number of nitrogens with one attached hydrogen (secondary N) is 3. The van der Waals surface area contributed by atoms with Crippen LogP contribution in [0.3, 0.4) is 0 Å². The predicted octanol–water partition coefficient (Wildman–Crippen LogP) is 2.90. The van der Waals surface area contributed by atoms with Gasteiger partial charge in [-0.25, -0.2) is 0 Å². The highest BCUT2D eigenvalue weighted by Crippen LogP contribution is 2.13. The average Bonchev–Trinajstić information content (AvgIpc) is 2.70. The summed E-state index contributed by atoms with van der Waals surface area (Å²) in [6.07, 6.45) is -0.0284. The summed E-state index contributed by atoms with van der Waals surface area (Å²) < 4.78 is 5.56. The van der Waals surface area contributed by atoms with Crippen molar-refractivity contribution in [1.29, 1.82) is 0 Å². The summed E-state index contributed by atoms with van der Waals surface area (Å²) in [7, 11) is 0. The van der Waals surface area contributed by atoms with Crippen LogP contribution in [0.5, 0.6) is 5.75 Å². The van der Waals surface area contributed by atoms with Gasteiger partial charge in [-0.15, -0.1) is 0 Å². The van der Waals surface area contributed by atoms with E-state index in [1.807, 2.05) is 6.07 Å². The molecule has 28 heavy (non-hydrogen) atoms. The third kappa shape index (κ3) is 7.49. The smallest absolute Gasteiger partial charge is 0.269 e. The van der Waals surface area contributed by atoms with E-state index in [0.29, 0.717) is 29.5 Å². The Kier molecular flexibility index (Phi) is 8.02. The minimum absolute atomic E-state index is 0.0124. The van der Waals surface area contributed by atoms with E-state index in [9.17, 15) is 14.4 Å². The van der Waals surface area contributed by atoms with Crippen molar-refractivity contribution < 1.29 is 19.1 Å². The number of amides is 3. The van der Waals surface area contributed by atoms with E-state index >= 15 is 0 Å². The number of para-hydroxylation sites is 1. The first kappa shape index (κ1) is 21.0. The van der Waals surface area contributed by atoms with Gasteiger partial charge >= 0.3 is 0 Å². The van der Waals surface area contributed by atoms with Gasteiger partial charge < -0.3 is 10.1 Å². The molecule has 2 aromatic carbocycles. The number of rotatable bonds is 8. The van der Waals surface area contributed by atoms with E-state index in [1.165, 1.54) is 0 Å². The number of benzene rings is 2. The van der Waals surface area contributed by atoms with E-state index in [-0.39, 0.29) is 18.7 Å². The Labute approximate surface area is 164 Å². The maximum absolute atomic E-state index is 12.1. The molecule has 0 aliphatic rings. The second-order valence-corrected chi connectivity index (χ2v) is 6.65. The largest absolute Gasteiger partial charge is 0.493 e. The molecule has 7 nitrogen and oxygen atoms in total. The molecule has 0 saturated carbocycles. The monoisotopic (exact) mass is 383 g/mol. The maximum Gasteiger partial charge on any atom is 0.269 e. The summed E-state index contributed by atoms with van der Waals surface area (Å²) in [6, 6.07) is 15.6. The number of hydrogen-bond acceptors (Lipinski definition) is 4. The molecule has 7 heteroatoms. The van der Waals surface area contributed by atoms with Crippen molar-refractivity contribution in [3.63, 3.8) is 0 Å². The Morgan fingerprint density at radius 1 is 0.857 bits per heavy atom. The van der Waals surface area contributed by atoms with Gasteiger partial charge in [-0.05, 0) is 42.3 Å². The molecule has 2 rings (SSSR count). The lowest BCUT2D eigenvalue weighted by Gasteiger charge is -2.10. The van der Waals surface area contributed by atoms with Crippen LogP contribution in [0.25, 0.3) is 0 Å². The third-order valence-electron chi connectivity index (χ3n) is 3.65. The molecule has 0 bridgehead atoms. The van der Waals surface area contributed by atoms with Crippen molar-refractivity contribution in [3.8, 4) is 5.75 Å². The number of carbonyl (C=O) groups excluding carboxylic acids is 3. The lowest BCUT2D eigenvalue weighted by atomic mass is 10.2. The summed E-state index contributed by atoms with van der Waals surface area (Å²) in [4.78, 5) is 35.7. The fourth-order valence-electron chi connectivity index (χ4n) is 2.20. The first-order chi connectivity index (χ1) is 13.4. The molecule has 0 fully saturated rings. The number of ether oxygens (including phenoxy) is 1. The third-order valence-corrected chi connectivity index (χ3v) is 3.65. The molecule has 3 N–H and O–H groups in total. The van der Waals surface area contributed by atoms with Crippen LogP contribution in [0.15, 0.2) is 54.6 Å². The molecular formula is C21H25N3O4. The Bertz CT molecular complexity index is 789. The second-order valence-electron chi connectivity index (χ2n) is 6.65. The van der Waals surface area contributed by atoms with E-state index in [0.717, 1.165) is 0 Å². The topological polar surface area (TPSA) is 96.5 Å². The first-order valence-electron chi connectivity index (χ1n) is 9.11. The highest BCUT2D eigenvalue weighted by atomic mass is 16.5. The van der Waals surface area contributed by atoms with Gasteiger partial charge in [0.25, 0.3) is 5.91 Å². The van der Waals surface area contributed by atoms with Gasteiger partial charge in [-0.2, -0.15) is 0 Å². The maximum atomic E-state index is 12.1. The molecular weight excluding hydrogens is 358 g/mol. The van der Waals surface area contributed by atoms with E-state index in [4.69, 9.17) is 4.74 Å². The molecule has 0 spiro atoms. The average molecular weight is 383 g/mol. The van der Waals surface area contributed by atoms with Gasteiger partial charge in [0.15, 0.2) is 0 Å². The fourth-order valence-corrected chi connectivity index (χ4v) is 2.20. The van der Waals surface area contributed by atoms with Gasteiger partial charge in [0.05, 0.1) is 6.61 Å². The van der Waals surface area contributed by atoms with Crippen LogP contribution < -0.4 is 20.9 Å². The van der Waals surface area contributed by atoms with E-state index in [1.54, 1.807) is 48.5 Å². The SMILES string of the molecule is CC(C)COc1ccc(C(=O)NNC(=O)CCC(=O)Nc2ccccc2)cc1. The van der Waals surface area contributed by atoms with Crippen LogP contribution in [-0.4, -0.2) is 24.3 Å². The second kappa shape index (κ2) is 10.7. The van der Waals surface area contributed by atoms with Crippen LogP contribution in [0.1, 0.15) is 37.0 Å². The minimum atomic E-state index is -0.451. The molecule has 2 aromatic rings. The normalized spacial score (nSPS) is 10.2. The zero-order valence-corrected chi connectivity index (χ0v) is 16.0. The highest BCUT2D eigenvalue weighted by molar-refractivity contribution is 5.96. The number of anilines is 1. The van der Waals surface area contributed by atoms with Crippen molar-refractivity contribution in [2.75, 3.05) is 11.9 Å². The molecule has 0 aliphatic heterocycles. The van der Waals surface area contributed by atoms with Gasteiger partial charge in [0.1, 0.15) is 5.75 Å². The molecule has 0 atom stereocenters. The number of carbonyl (C=O) groups is 3. The first-order valence-corrected chi connectivity index (χ1v) is 9.11. The number of hydrazine groups is 1. The summed E-state index contributed by atoms with van der Waals surface area (Å²) in [6.45, 7) is 4.70. The number of hydrogen-bond donors (Lipinski definition) is 3. The molecule has 0 heterocycles. The van der Waals surface area contributed by atoms with Crippen molar-refractivity contribution in [2.45, 2.75) is 26.7 Å². The Morgan fingerprint density at radius 3 is 2.14 bits per heavy atom. The molecule has 0 radical (unpaired) electrons. The molecule has 0 unspecified atom stereocenters. The van der Waals surface area contributed by atoms with E-state index < -0.39 is 11.8 Å². The van der Waals surface area contributed by atoms with Crippen LogP contribution >= 0.6 is 0 Å².